The minimum absolute atomic E-state index is 0.124. The van der Waals surface area contributed by atoms with Crippen molar-refractivity contribution in [2.24, 2.45) is 5.92 Å². The van der Waals surface area contributed by atoms with Crippen molar-refractivity contribution in [3.8, 4) is 0 Å². The molecule has 0 aliphatic heterocycles. The maximum absolute atomic E-state index is 13.1. The molecule has 0 unspecified atom stereocenters. The molecule has 1 heterocycles. The lowest BCUT2D eigenvalue weighted by Gasteiger charge is -2.30. The van der Waals surface area contributed by atoms with E-state index in [2.05, 4.69) is 10.3 Å². The van der Waals surface area contributed by atoms with Crippen LogP contribution in [0.4, 0.5) is 4.39 Å². The molecule has 1 atom stereocenters. The Bertz CT molecular complexity index is 732. The molecule has 2 aromatic rings. The van der Waals surface area contributed by atoms with Gasteiger partial charge < -0.3 is 10.2 Å². The largest absolute Gasteiger partial charge is 0.350 e. The molecule has 0 aliphatic carbocycles. The van der Waals surface area contributed by atoms with E-state index in [1.54, 1.807) is 45.3 Å². The molecular formula is C20H24FN3O2. The van der Waals surface area contributed by atoms with Crippen molar-refractivity contribution >= 4 is 11.8 Å². The van der Waals surface area contributed by atoms with E-state index in [9.17, 15) is 14.0 Å². The fraction of sp³-hybridized carbons (Fsp3) is 0.350. The summed E-state index contributed by atoms with van der Waals surface area (Å²) in [4.78, 5) is 30.6. The highest BCUT2D eigenvalue weighted by molar-refractivity contribution is 5.88. The zero-order chi connectivity index (χ0) is 19.1. The molecule has 5 nitrogen and oxygen atoms in total. The molecule has 1 N–H and O–H groups in total. The van der Waals surface area contributed by atoms with Crippen molar-refractivity contribution in [1.29, 1.82) is 0 Å². The Hall–Kier alpha value is -2.76. The summed E-state index contributed by atoms with van der Waals surface area (Å²) in [6.45, 7) is 5.90. The van der Waals surface area contributed by atoms with Gasteiger partial charge in [0.25, 0.3) is 0 Å². The Morgan fingerprint density at radius 3 is 2.23 bits per heavy atom. The Kier molecular flexibility index (Phi) is 6.83. The van der Waals surface area contributed by atoms with Crippen molar-refractivity contribution in [2.45, 2.75) is 39.9 Å². The second kappa shape index (κ2) is 9.08. The normalized spacial score (nSPS) is 11.9. The highest BCUT2D eigenvalue weighted by Gasteiger charge is 2.27. The molecule has 1 aromatic carbocycles. The minimum Gasteiger partial charge on any atom is -0.350 e. The van der Waals surface area contributed by atoms with E-state index in [1.807, 2.05) is 12.1 Å². The summed E-state index contributed by atoms with van der Waals surface area (Å²) in [5.41, 5.74) is 1.70. The average Bonchev–Trinajstić information content (AvgIpc) is 2.65. The van der Waals surface area contributed by atoms with Crippen LogP contribution in [0.2, 0.25) is 0 Å². The van der Waals surface area contributed by atoms with E-state index in [-0.39, 0.29) is 30.1 Å². The molecule has 0 saturated carbocycles. The second-order valence-electron chi connectivity index (χ2n) is 6.50. The van der Waals surface area contributed by atoms with E-state index in [4.69, 9.17) is 0 Å². The van der Waals surface area contributed by atoms with Crippen LogP contribution in [-0.2, 0) is 22.7 Å². The van der Waals surface area contributed by atoms with Gasteiger partial charge in [-0.05, 0) is 42.3 Å². The number of benzene rings is 1. The maximum Gasteiger partial charge on any atom is 0.242 e. The molecule has 0 fully saturated rings. The van der Waals surface area contributed by atoms with Gasteiger partial charge in [-0.25, -0.2) is 4.39 Å². The monoisotopic (exact) mass is 357 g/mol. The van der Waals surface area contributed by atoms with Crippen LogP contribution in [0, 0.1) is 11.7 Å². The number of hydrogen-bond acceptors (Lipinski definition) is 3. The summed E-state index contributed by atoms with van der Waals surface area (Å²) in [7, 11) is 0. The summed E-state index contributed by atoms with van der Waals surface area (Å²) in [6, 6.07) is 8.94. The fourth-order valence-electron chi connectivity index (χ4n) is 2.50. The predicted molar refractivity (Wildman–Crippen MR) is 97.3 cm³/mol. The summed E-state index contributed by atoms with van der Waals surface area (Å²) in [6.07, 6.45) is 3.32. The van der Waals surface area contributed by atoms with Gasteiger partial charge in [-0.2, -0.15) is 0 Å². The van der Waals surface area contributed by atoms with Gasteiger partial charge in [0, 0.05) is 31.4 Å². The lowest BCUT2D eigenvalue weighted by atomic mass is 10.1. The third kappa shape index (κ3) is 5.37. The van der Waals surface area contributed by atoms with Crippen LogP contribution in [0.3, 0.4) is 0 Å². The van der Waals surface area contributed by atoms with Gasteiger partial charge in [0.2, 0.25) is 11.8 Å². The van der Waals surface area contributed by atoms with Gasteiger partial charge in [-0.3, -0.25) is 14.6 Å². The van der Waals surface area contributed by atoms with Gasteiger partial charge in [-0.15, -0.1) is 0 Å². The zero-order valence-corrected chi connectivity index (χ0v) is 15.3. The smallest absolute Gasteiger partial charge is 0.242 e. The summed E-state index contributed by atoms with van der Waals surface area (Å²) in [5.74, 6) is -0.941. The highest BCUT2D eigenvalue weighted by Crippen LogP contribution is 2.14. The molecule has 2 amide bonds. The number of amides is 2. The number of rotatable bonds is 7. The molecule has 6 heteroatoms. The number of nitrogens with one attached hydrogen (secondary N) is 1. The number of carbonyl (C=O) groups is 2. The number of halogens is 1. The van der Waals surface area contributed by atoms with Crippen LogP contribution in [0.5, 0.6) is 0 Å². The van der Waals surface area contributed by atoms with Gasteiger partial charge in [0.1, 0.15) is 11.9 Å². The Morgan fingerprint density at radius 2 is 1.65 bits per heavy atom. The van der Waals surface area contributed by atoms with Crippen molar-refractivity contribution in [3.63, 3.8) is 0 Å². The van der Waals surface area contributed by atoms with Gasteiger partial charge in [0.15, 0.2) is 0 Å². The van der Waals surface area contributed by atoms with Gasteiger partial charge >= 0.3 is 0 Å². The van der Waals surface area contributed by atoms with Gasteiger partial charge in [-0.1, -0.05) is 26.0 Å². The summed E-state index contributed by atoms with van der Waals surface area (Å²) >= 11 is 0. The number of nitrogens with zero attached hydrogens (tertiary/aromatic N) is 2. The topological polar surface area (TPSA) is 62.3 Å². The SMILES string of the molecule is CC(C)C(=O)N(Cc1ccc(F)cc1)[C@H](C)C(=O)NCc1ccncc1. The molecule has 26 heavy (non-hydrogen) atoms. The Balaban J connectivity index is 2.08. The van der Waals surface area contributed by atoms with E-state index < -0.39 is 6.04 Å². The number of pyridine rings is 1. The minimum atomic E-state index is -0.642. The third-order valence-corrected chi connectivity index (χ3v) is 4.11. The van der Waals surface area contributed by atoms with Crippen LogP contribution in [0.1, 0.15) is 31.9 Å². The van der Waals surface area contributed by atoms with Crippen molar-refractivity contribution in [2.75, 3.05) is 0 Å². The molecule has 1 aromatic heterocycles. The molecule has 0 radical (unpaired) electrons. The zero-order valence-electron chi connectivity index (χ0n) is 15.3. The standard InChI is InChI=1S/C20H24FN3O2/c1-14(2)20(26)24(13-17-4-6-18(21)7-5-17)15(3)19(25)23-12-16-8-10-22-11-9-16/h4-11,14-15H,12-13H2,1-3H3,(H,23,25)/t15-/m1/s1. The second-order valence-corrected chi connectivity index (χ2v) is 6.50. The van der Waals surface area contributed by atoms with E-state index in [0.717, 1.165) is 11.1 Å². The molecule has 138 valence electrons. The Morgan fingerprint density at radius 1 is 1.04 bits per heavy atom. The molecule has 2 rings (SSSR count). The number of aromatic nitrogens is 1. The number of carbonyl (C=O) groups excluding carboxylic acids is 2. The molecule has 0 bridgehead atoms. The van der Waals surface area contributed by atoms with Crippen molar-refractivity contribution < 1.29 is 14.0 Å². The predicted octanol–water partition coefficient (Wildman–Crippen LogP) is 2.91. The first-order chi connectivity index (χ1) is 12.4. The van der Waals surface area contributed by atoms with Crippen LogP contribution < -0.4 is 5.32 Å². The molecule has 0 saturated heterocycles. The average molecular weight is 357 g/mol. The van der Waals surface area contributed by atoms with E-state index in [1.165, 1.54) is 17.0 Å². The van der Waals surface area contributed by atoms with E-state index >= 15 is 0 Å². The fourth-order valence-corrected chi connectivity index (χ4v) is 2.50. The summed E-state index contributed by atoms with van der Waals surface area (Å²) < 4.78 is 13.1. The first kappa shape index (κ1) is 19.6. The van der Waals surface area contributed by atoms with Crippen LogP contribution in [0.15, 0.2) is 48.8 Å². The lowest BCUT2D eigenvalue weighted by Crippen LogP contribution is -2.48. The quantitative estimate of drug-likeness (QED) is 0.829. The third-order valence-electron chi connectivity index (χ3n) is 4.11. The first-order valence-corrected chi connectivity index (χ1v) is 8.60. The summed E-state index contributed by atoms with van der Waals surface area (Å²) in [5, 5.41) is 2.85. The van der Waals surface area contributed by atoms with Crippen LogP contribution in [0.25, 0.3) is 0 Å². The van der Waals surface area contributed by atoms with Crippen LogP contribution in [-0.4, -0.2) is 27.7 Å². The van der Waals surface area contributed by atoms with Crippen molar-refractivity contribution in [1.82, 2.24) is 15.2 Å². The van der Waals surface area contributed by atoms with Gasteiger partial charge in [0.05, 0.1) is 0 Å². The Labute approximate surface area is 153 Å². The first-order valence-electron chi connectivity index (χ1n) is 8.60. The molecule has 0 aliphatic rings. The number of hydrogen-bond donors (Lipinski definition) is 1. The molecular weight excluding hydrogens is 333 g/mol. The lowest BCUT2D eigenvalue weighted by molar-refractivity contribution is -0.143. The highest BCUT2D eigenvalue weighted by atomic mass is 19.1. The van der Waals surface area contributed by atoms with E-state index in [0.29, 0.717) is 6.54 Å². The van der Waals surface area contributed by atoms with Crippen LogP contribution >= 0.6 is 0 Å². The van der Waals surface area contributed by atoms with Crippen molar-refractivity contribution in [3.05, 3.63) is 65.7 Å². The maximum atomic E-state index is 13.1. The molecule has 0 spiro atoms.